The molecule has 0 aliphatic heterocycles. The molecule has 37 heavy (non-hydrogen) atoms. The number of nitrogens with zero attached hydrogens (tertiary/aromatic N) is 3. The molecule has 198 valence electrons. The van der Waals surface area contributed by atoms with Gasteiger partial charge in [-0.25, -0.2) is 17.5 Å². The van der Waals surface area contributed by atoms with Crippen LogP contribution >= 0.6 is 0 Å². The topological polar surface area (TPSA) is 145 Å². The third-order valence-corrected chi connectivity index (χ3v) is 7.10. The van der Waals surface area contributed by atoms with Crippen LogP contribution in [-0.2, 0) is 10.0 Å². The summed E-state index contributed by atoms with van der Waals surface area (Å²) in [6.07, 6.45) is 1.18. The Hall–Kier alpha value is -3.84. The summed E-state index contributed by atoms with van der Waals surface area (Å²) in [7, 11) is -4.23. The van der Waals surface area contributed by atoms with Gasteiger partial charge in [0.05, 0.1) is 10.6 Å². The van der Waals surface area contributed by atoms with Crippen molar-refractivity contribution in [2.75, 3.05) is 6.54 Å². The highest BCUT2D eigenvalue weighted by Gasteiger charge is 2.28. The normalized spacial score (nSPS) is 12.2. The Kier molecular flexibility index (Phi) is 8.61. The number of halogens is 1. The monoisotopic (exact) mass is 533 g/mol. The predicted octanol–water partition coefficient (Wildman–Crippen LogP) is 4.24. The van der Waals surface area contributed by atoms with Gasteiger partial charge in [-0.1, -0.05) is 13.8 Å². The van der Waals surface area contributed by atoms with Crippen LogP contribution in [-0.4, -0.2) is 41.6 Å². The van der Waals surface area contributed by atoms with Crippen LogP contribution < -0.4 is 14.8 Å². The Balaban J connectivity index is 2.19. The first kappa shape index (κ1) is 27.7. The first-order valence-electron chi connectivity index (χ1n) is 11.6. The van der Waals surface area contributed by atoms with Crippen LogP contribution in [0.25, 0.3) is 5.69 Å². The van der Waals surface area contributed by atoms with Gasteiger partial charge in [-0.2, -0.15) is 9.78 Å². The number of sulfonamides is 1. The minimum atomic E-state index is -4.23. The maximum absolute atomic E-state index is 13.6. The molecule has 2 aromatic carbocycles. The summed E-state index contributed by atoms with van der Waals surface area (Å²) in [6.45, 7) is 7.31. The Labute approximate surface area is 213 Å². The summed E-state index contributed by atoms with van der Waals surface area (Å²) in [5, 5.41) is 18.4. The van der Waals surface area contributed by atoms with Crippen LogP contribution in [0.1, 0.15) is 49.7 Å². The van der Waals surface area contributed by atoms with Crippen molar-refractivity contribution < 1.29 is 27.3 Å². The van der Waals surface area contributed by atoms with Crippen LogP contribution in [0.15, 0.2) is 47.4 Å². The zero-order valence-corrected chi connectivity index (χ0v) is 21.6. The number of hydrogen-bond donors (Lipinski definition) is 2. The second kappa shape index (κ2) is 11.5. The molecule has 0 aliphatic carbocycles. The lowest BCUT2D eigenvalue weighted by atomic mass is 10.2. The summed E-state index contributed by atoms with van der Waals surface area (Å²) in [5.74, 6) is -1.19. The Bertz CT molecular complexity index is 1410. The van der Waals surface area contributed by atoms with Gasteiger partial charge in [-0.15, -0.1) is 0 Å². The van der Waals surface area contributed by atoms with Crippen LogP contribution in [0.4, 0.5) is 10.1 Å². The van der Waals surface area contributed by atoms with Crippen molar-refractivity contribution in [1.29, 1.82) is 0 Å². The van der Waals surface area contributed by atoms with Gasteiger partial charge in [0.1, 0.15) is 16.5 Å². The lowest BCUT2D eigenvalue weighted by molar-refractivity contribution is -0.385. The molecule has 0 bridgehead atoms. The molecule has 3 rings (SSSR count). The third kappa shape index (κ3) is 6.30. The number of hydrogen-bond acceptors (Lipinski definition) is 7. The maximum atomic E-state index is 13.6. The lowest BCUT2D eigenvalue weighted by Gasteiger charge is -2.16. The standard InChI is InChI=1S/C24H28FN5O6S/c1-5-13-26-23(31)22-16(4)24(29(27-22)18-9-7-17(25)8-10-18)36-20-12-11-19(30(32)33)14-21(20)37(34,35)28-15(3)6-2/h7-12,14-15,28H,5-6,13H2,1-4H3,(H,26,31)/t15-/m1/s1. The van der Waals surface area contributed by atoms with E-state index in [1.807, 2.05) is 6.92 Å². The van der Waals surface area contributed by atoms with Crippen LogP contribution in [0.3, 0.4) is 0 Å². The van der Waals surface area contributed by atoms with E-state index in [4.69, 9.17) is 4.74 Å². The molecule has 0 fully saturated rings. The van der Waals surface area contributed by atoms with E-state index in [0.29, 0.717) is 25.1 Å². The molecule has 0 radical (unpaired) electrons. The first-order chi connectivity index (χ1) is 17.5. The highest BCUT2D eigenvalue weighted by molar-refractivity contribution is 7.89. The van der Waals surface area contributed by atoms with Gasteiger partial charge in [0.15, 0.2) is 5.69 Å². The highest BCUT2D eigenvalue weighted by Crippen LogP contribution is 2.35. The summed E-state index contributed by atoms with van der Waals surface area (Å²) >= 11 is 0. The Morgan fingerprint density at radius 1 is 1.22 bits per heavy atom. The number of amides is 1. The molecule has 0 saturated heterocycles. The second-order valence-electron chi connectivity index (χ2n) is 8.34. The summed E-state index contributed by atoms with van der Waals surface area (Å²) in [4.78, 5) is 23.0. The van der Waals surface area contributed by atoms with E-state index in [2.05, 4.69) is 15.1 Å². The number of nitro benzene ring substituents is 1. The SMILES string of the molecule is CCCNC(=O)c1nn(-c2ccc(F)cc2)c(Oc2ccc([N+](=O)[O-])cc2S(=O)(=O)N[C@H](C)CC)c1C. The Morgan fingerprint density at radius 2 is 1.89 bits per heavy atom. The molecule has 0 unspecified atom stereocenters. The van der Waals surface area contributed by atoms with Crippen molar-refractivity contribution in [3.63, 3.8) is 0 Å². The van der Waals surface area contributed by atoms with E-state index in [0.717, 1.165) is 12.1 Å². The fraction of sp³-hybridized carbons (Fsp3) is 0.333. The van der Waals surface area contributed by atoms with Crippen molar-refractivity contribution in [3.05, 3.63) is 69.7 Å². The summed E-state index contributed by atoms with van der Waals surface area (Å²) < 4.78 is 49.6. The van der Waals surface area contributed by atoms with Crippen molar-refractivity contribution in [1.82, 2.24) is 19.8 Å². The van der Waals surface area contributed by atoms with Gasteiger partial charge >= 0.3 is 0 Å². The van der Waals surface area contributed by atoms with Crippen molar-refractivity contribution in [2.45, 2.75) is 51.5 Å². The largest absolute Gasteiger partial charge is 0.437 e. The van der Waals surface area contributed by atoms with E-state index < -0.39 is 43.3 Å². The fourth-order valence-corrected chi connectivity index (χ4v) is 4.79. The maximum Gasteiger partial charge on any atom is 0.272 e. The van der Waals surface area contributed by atoms with Crippen molar-refractivity contribution in [2.24, 2.45) is 0 Å². The predicted molar refractivity (Wildman–Crippen MR) is 134 cm³/mol. The number of ether oxygens (including phenoxy) is 1. The summed E-state index contributed by atoms with van der Waals surface area (Å²) in [5.41, 5.74) is 0.213. The van der Waals surface area contributed by atoms with E-state index in [1.165, 1.54) is 35.0 Å². The van der Waals surface area contributed by atoms with Gasteiger partial charge in [0, 0.05) is 30.3 Å². The molecule has 1 heterocycles. The number of rotatable bonds is 11. The second-order valence-corrected chi connectivity index (χ2v) is 10.0. The van der Waals surface area contributed by atoms with Crippen molar-refractivity contribution in [3.8, 4) is 17.3 Å². The average Bonchev–Trinajstić information content (AvgIpc) is 3.18. The molecule has 0 saturated carbocycles. The molecule has 11 nitrogen and oxygen atoms in total. The molecular weight excluding hydrogens is 505 g/mol. The lowest BCUT2D eigenvalue weighted by Crippen LogP contribution is -2.32. The molecule has 0 aliphatic rings. The zero-order valence-electron chi connectivity index (χ0n) is 20.8. The van der Waals surface area contributed by atoms with Crippen molar-refractivity contribution >= 4 is 21.6 Å². The highest BCUT2D eigenvalue weighted by atomic mass is 32.2. The smallest absolute Gasteiger partial charge is 0.272 e. The number of benzene rings is 2. The van der Waals surface area contributed by atoms with E-state index in [9.17, 15) is 27.7 Å². The molecule has 1 amide bonds. The minimum Gasteiger partial charge on any atom is -0.437 e. The van der Waals surface area contributed by atoms with E-state index >= 15 is 0 Å². The molecule has 13 heteroatoms. The number of non-ortho nitro benzene ring substituents is 1. The van der Waals surface area contributed by atoms with E-state index in [-0.39, 0.29) is 22.9 Å². The fourth-order valence-electron chi connectivity index (χ4n) is 3.32. The third-order valence-electron chi connectivity index (χ3n) is 5.49. The first-order valence-corrected chi connectivity index (χ1v) is 13.1. The number of nitrogens with one attached hydrogen (secondary N) is 2. The van der Waals surface area contributed by atoms with Gasteiger partial charge in [0.2, 0.25) is 15.9 Å². The molecule has 1 aromatic heterocycles. The van der Waals surface area contributed by atoms with Crippen LogP contribution in [0.5, 0.6) is 11.6 Å². The number of nitro groups is 1. The molecule has 3 aromatic rings. The minimum absolute atomic E-state index is 0.0119. The molecule has 0 spiro atoms. The van der Waals surface area contributed by atoms with Crippen LogP contribution in [0.2, 0.25) is 0 Å². The average molecular weight is 534 g/mol. The van der Waals surface area contributed by atoms with Gasteiger partial charge in [-0.3, -0.25) is 14.9 Å². The molecule has 2 N–H and O–H groups in total. The quantitative estimate of drug-likeness (QED) is 0.277. The number of carbonyl (C=O) groups excluding carboxylic acids is 1. The molecule has 1 atom stereocenters. The zero-order chi connectivity index (χ0) is 27.3. The van der Waals surface area contributed by atoms with E-state index in [1.54, 1.807) is 20.8 Å². The molecular formula is C24H28FN5O6S. The van der Waals surface area contributed by atoms with Gasteiger partial charge < -0.3 is 10.1 Å². The van der Waals surface area contributed by atoms with Gasteiger partial charge in [-0.05, 0) is 57.0 Å². The van der Waals surface area contributed by atoms with Crippen LogP contribution in [0, 0.1) is 22.9 Å². The van der Waals surface area contributed by atoms with Gasteiger partial charge in [0.25, 0.3) is 11.6 Å². The Morgan fingerprint density at radius 3 is 2.49 bits per heavy atom. The number of carbonyl (C=O) groups is 1. The summed E-state index contributed by atoms with van der Waals surface area (Å²) in [6, 6.07) is 7.97. The number of aromatic nitrogens is 2.